The van der Waals surface area contributed by atoms with E-state index < -0.39 is 0 Å². The maximum absolute atomic E-state index is 4.71. The third-order valence-corrected chi connectivity index (χ3v) is 4.42. The summed E-state index contributed by atoms with van der Waals surface area (Å²) in [5, 5.41) is 5.32. The minimum atomic E-state index is 1.09. The Morgan fingerprint density at radius 1 is 1.00 bits per heavy atom. The van der Waals surface area contributed by atoms with E-state index in [1.165, 1.54) is 16.0 Å². The van der Waals surface area contributed by atoms with Crippen molar-refractivity contribution in [3.63, 3.8) is 0 Å². The molecule has 0 radical (unpaired) electrons. The van der Waals surface area contributed by atoms with E-state index in [0.717, 1.165) is 10.7 Å². The molecule has 0 aliphatic heterocycles. The molecule has 2 aromatic heterocycles. The number of rotatable bonds is 2. The standard InChI is InChI=1S/C14H11NS2/c1-10-5-2-3-6-11(10)14-15-12(9-17-14)13-7-4-8-16-13/h2-9H,1H3. The molecule has 0 saturated heterocycles. The summed E-state index contributed by atoms with van der Waals surface area (Å²) in [6.45, 7) is 2.13. The SMILES string of the molecule is Cc1ccccc1-c1nc(-c2cccs2)cs1. The van der Waals surface area contributed by atoms with Gasteiger partial charge >= 0.3 is 0 Å². The minimum Gasteiger partial charge on any atom is -0.235 e. The number of nitrogens with zero attached hydrogens (tertiary/aromatic N) is 1. The van der Waals surface area contributed by atoms with E-state index >= 15 is 0 Å². The first kappa shape index (κ1) is 10.7. The lowest BCUT2D eigenvalue weighted by atomic mass is 10.1. The summed E-state index contributed by atoms with van der Waals surface area (Å²) in [5.41, 5.74) is 3.60. The highest BCUT2D eigenvalue weighted by Crippen LogP contribution is 2.32. The molecule has 0 unspecified atom stereocenters. The predicted molar refractivity (Wildman–Crippen MR) is 75.6 cm³/mol. The summed E-state index contributed by atoms with van der Waals surface area (Å²) in [5.74, 6) is 0. The van der Waals surface area contributed by atoms with Crippen molar-refractivity contribution in [2.75, 3.05) is 0 Å². The first-order chi connectivity index (χ1) is 8.34. The third kappa shape index (κ3) is 2.04. The van der Waals surface area contributed by atoms with Gasteiger partial charge in [0.15, 0.2) is 0 Å². The average Bonchev–Trinajstić information content (AvgIpc) is 3.00. The first-order valence-electron chi connectivity index (χ1n) is 5.40. The Kier molecular flexibility index (Phi) is 2.79. The number of benzene rings is 1. The van der Waals surface area contributed by atoms with Crippen LogP contribution in [0.3, 0.4) is 0 Å². The van der Waals surface area contributed by atoms with E-state index in [4.69, 9.17) is 4.98 Å². The van der Waals surface area contributed by atoms with Gasteiger partial charge in [-0.2, -0.15) is 0 Å². The number of aryl methyl sites for hydroxylation is 1. The van der Waals surface area contributed by atoms with Crippen molar-refractivity contribution in [3.8, 4) is 21.1 Å². The summed E-state index contributed by atoms with van der Waals surface area (Å²) in [6.07, 6.45) is 0. The van der Waals surface area contributed by atoms with Crippen LogP contribution in [0.1, 0.15) is 5.56 Å². The van der Waals surface area contributed by atoms with Crippen molar-refractivity contribution in [1.29, 1.82) is 0 Å². The van der Waals surface area contributed by atoms with Crippen LogP contribution in [0.15, 0.2) is 47.2 Å². The van der Waals surface area contributed by atoms with Crippen molar-refractivity contribution in [2.45, 2.75) is 6.92 Å². The lowest BCUT2D eigenvalue weighted by Crippen LogP contribution is -1.81. The fraction of sp³-hybridized carbons (Fsp3) is 0.0714. The molecule has 3 aromatic rings. The van der Waals surface area contributed by atoms with E-state index in [2.05, 4.69) is 54.1 Å². The van der Waals surface area contributed by atoms with Crippen LogP contribution in [0.4, 0.5) is 0 Å². The maximum Gasteiger partial charge on any atom is 0.124 e. The van der Waals surface area contributed by atoms with Crippen molar-refractivity contribution in [2.24, 2.45) is 0 Å². The zero-order valence-electron chi connectivity index (χ0n) is 9.38. The summed E-state index contributed by atoms with van der Waals surface area (Å²) in [4.78, 5) is 5.95. The minimum absolute atomic E-state index is 1.09. The molecule has 0 saturated carbocycles. The molecule has 0 aliphatic rings. The summed E-state index contributed by atoms with van der Waals surface area (Å²) < 4.78 is 0. The van der Waals surface area contributed by atoms with Crippen LogP contribution in [0.5, 0.6) is 0 Å². The molecule has 0 fully saturated rings. The van der Waals surface area contributed by atoms with E-state index in [-0.39, 0.29) is 0 Å². The van der Waals surface area contributed by atoms with Gasteiger partial charge in [-0.15, -0.1) is 22.7 Å². The summed E-state index contributed by atoms with van der Waals surface area (Å²) in [7, 11) is 0. The Labute approximate surface area is 108 Å². The Balaban J connectivity index is 2.04. The van der Waals surface area contributed by atoms with Gasteiger partial charge in [0.2, 0.25) is 0 Å². The second-order valence-electron chi connectivity index (χ2n) is 3.83. The summed E-state index contributed by atoms with van der Waals surface area (Å²) in [6, 6.07) is 12.6. The largest absolute Gasteiger partial charge is 0.235 e. The van der Waals surface area contributed by atoms with Crippen LogP contribution in [0, 0.1) is 6.92 Å². The number of aromatic nitrogens is 1. The second kappa shape index (κ2) is 4.43. The molecule has 17 heavy (non-hydrogen) atoms. The Bertz CT molecular complexity index is 623. The molecule has 0 spiro atoms. The molecular weight excluding hydrogens is 246 g/mol. The van der Waals surface area contributed by atoms with E-state index in [0.29, 0.717) is 0 Å². The zero-order valence-corrected chi connectivity index (χ0v) is 11.0. The fourth-order valence-corrected chi connectivity index (χ4v) is 3.42. The highest BCUT2D eigenvalue weighted by Gasteiger charge is 2.08. The van der Waals surface area contributed by atoms with Crippen LogP contribution in [0.25, 0.3) is 21.1 Å². The van der Waals surface area contributed by atoms with Crippen LogP contribution >= 0.6 is 22.7 Å². The van der Waals surface area contributed by atoms with Crippen molar-refractivity contribution < 1.29 is 0 Å². The Morgan fingerprint density at radius 2 is 1.88 bits per heavy atom. The third-order valence-electron chi connectivity index (χ3n) is 2.65. The number of thiophene rings is 1. The van der Waals surface area contributed by atoms with Crippen LogP contribution in [-0.2, 0) is 0 Å². The molecule has 0 amide bonds. The molecule has 0 bridgehead atoms. The van der Waals surface area contributed by atoms with Gasteiger partial charge in [-0.25, -0.2) is 4.98 Å². The van der Waals surface area contributed by atoms with Gasteiger partial charge in [0.25, 0.3) is 0 Å². The Hall–Kier alpha value is -1.45. The fourth-order valence-electron chi connectivity index (χ4n) is 1.75. The normalized spacial score (nSPS) is 10.6. The molecular formula is C14H11NS2. The molecule has 0 N–H and O–H groups in total. The first-order valence-corrected chi connectivity index (χ1v) is 7.16. The van der Waals surface area contributed by atoms with Crippen LogP contribution in [0.2, 0.25) is 0 Å². The van der Waals surface area contributed by atoms with Gasteiger partial charge in [-0.3, -0.25) is 0 Å². The smallest absolute Gasteiger partial charge is 0.124 e. The van der Waals surface area contributed by atoms with E-state index in [9.17, 15) is 0 Å². The van der Waals surface area contributed by atoms with Crippen LogP contribution < -0.4 is 0 Å². The zero-order chi connectivity index (χ0) is 11.7. The predicted octanol–water partition coefficient (Wildman–Crippen LogP) is 4.85. The van der Waals surface area contributed by atoms with Crippen molar-refractivity contribution in [3.05, 3.63) is 52.7 Å². The van der Waals surface area contributed by atoms with Crippen molar-refractivity contribution in [1.82, 2.24) is 4.98 Å². The molecule has 3 rings (SSSR count). The summed E-state index contributed by atoms with van der Waals surface area (Å²) >= 11 is 3.44. The lowest BCUT2D eigenvalue weighted by Gasteiger charge is -2.00. The van der Waals surface area contributed by atoms with Crippen molar-refractivity contribution >= 4 is 22.7 Å². The molecule has 1 aromatic carbocycles. The van der Waals surface area contributed by atoms with Gasteiger partial charge in [0, 0.05) is 10.9 Å². The molecule has 0 atom stereocenters. The monoisotopic (exact) mass is 257 g/mol. The maximum atomic E-state index is 4.71. The molecule has 0 aliphatic carbocycles. The topological polar surface area (TPSA) is 12.9 Å². The van der Waals surface area contributed by atoms with Gasteiger partial charge in [0.1, 0.15) is 5.01 Å². The lowest BCUT2D eigenvalue weighted by molar-refractivity contribution is 1.38. The van der Waals surface area contributed by atoms with Gasteiger partial charge < -0.3 is 0 Å². The van der Waals surface area contributed by atoms with Gasteiger partial charge in [-0.05, 0) is 23.9 Å². The second-order valence-corrected chi connectivity index (χ2v) is 5.64. The van der Waals surface area contributed by atoms with Gasteiger partial charge in [0.05, 0.1) is 10.6 Å². The quantitative estimate of drug-likeness (QED) is 0.639. The number of hydrogen-bond donors (Lipinski definition) is 0. The average molecular weight is 257 g/mol. The molecule has 2 heterocycles. The highest BCUT2D eigenvalue weighted by atomic mass is 32.1. The highest BCUT2D eigenvalue weighted by molar-refractivity contribution is 7.15. The Morgan fingerprint density at radius 3 is 2.65 bits per heavy atom. The molecule has 84 valence electrons. The van der Waals surface area contributed by atoms with E-state index in [1.54, 1.807) is 22.7 Å². The number of thiazole rings is 1. The number of hydrogen-bond acceptors (Lipinski definition) is 3. The molecule has 3 heteroatoms. The molecule has 1 nitrogen and oxygen atoms in total. The van der Waals surface area contributed by atoms with Gasteiger partial charge in [-0.1, -0.05) is 30.3 Å². The van der Waals surface area contributed by atoms with Crippen LogP contribution in [-0.4, -0.2) is 4.98 Å². The van der Waals surface area contributed by atoms with E-state index in [1.807, 2.05) is 0 Å².